The van der Waals surface area contributed by atoms with Gasteiger partial charge in [-0.1, -0.05) is 36.4 Å². The van der Waals surface area contributed by atoms with Crippen LogP contribution in [0.5, 0.6) is 0 Å². The van der Waals surface area contributed by atoms with Crippen LogP contribution in [0.2, 0.25) is 0 Å². The summed E-state index contributed by atoms with van der Waals surface area (Å²) in [4.78, 5) is 0. The molecule has 0 spiro atoms. The van der Waals surface area contributed by atoms with Crippen LogP contribution in [0.3, 0.4) is 0 Å². The quantitative estimate of drug-likeness (QED) is 0.690. The molecule has 3 rings (SSSR count). The van der Waals surface area contributed by atoms with Crippen LogP contribution in [0.1, 0.15) is 31.9 Å². The van der Waals surface area contributed by atoms with Gasteiger partial charge in [0.2, 0.25) is 0 Å². The van der Waals surface area contributed by atoms with E-state index in [0.717, 1.165) is 0 Å². The lowest BCUT2D eigenvalue weighted by Gasteiger charge is -2.25. The Morgan fingerprint density at radius 2 is 1.44 bits per heavy atom. The van der Waals surface area contributed by atoms with Crippen molar-refractivity contribution in [2.75, 3.05) is 0 Å². The normalized spacial score (nSPS) is 18.4. The van der Waals surface area contributed by atoms with Crippen LogP contribution in [-0.2, 0) is 4.74 Å². The second-order valence-electron chi connectivity index (χ2n) is 5.40. The third-order valence-corrected chi connectivity index (χ3v) is 3.03. The molecule has 2 aliphatic rings. The molecule has 82 valence electrons. The minimum atomic E-state index is -0.102. The van der Waals surface area contributed by atoms with E-state index in [0.29, 0.717) is 0 Å². The summed E-state index contributed by atoms with van der Waals surface area (Å²) >= 11 is 0. The third kappa shape index (κ3) is 1.35. The summed E-state index contributed by atoms with van der Waals surface area (Å²) in [7, 11) is 0. The van der Waals surface area contributed by atoms with Crippen molar-refractivity contribution in [3.63, 3.8) is 0 Å². The van der Waals surface area contributed by atoms with Gasteiger partial charge in [0.1, 0.15) is 6.10 Å². The van der Waals surface area contributed by atoms with E-state index in [9.17, 15) is 0 Å². The molecule has 0 atom stereocenters. The Hall–Kier alpha value is -1.34. The number of ether oxygens (including phenoxy) is 1. The molecule has 1 nitrogen and oxygen atoms in total. The lowest BCUT2D eigenvalue weighted by molar-refractivity contribution is -0.00798. The zero-order chi connectivity index (χ0) is 11.3. The Bertz CT molecular complexity index is 461. The van der Waals surface area contributed by atoms with Gasteiger partial charge < -0.3 is 4.74 Å². The summed E-state index contributed by atoms with van der Waals surface area (Å²) in [5.41, 5.74) is 5.22. The van der Waals surface area contributed by atoms with Crippen LogP contribution in [-0.4, -0.2) is 11.7 Å². The van der Waals surface area contributed by atoms with Crippen LogP contribution in [0.4, 0.5) is 0 Å². The Morgan fingerprint density at radius 3 is 1.88 bits per heavy atom. The van der Waals surface area contributed by atoms with E-state index in [1.165, 1.54) is 22.3 Å². The lowest BCUT2D eigenvalue weighted by atomic mass is 10.0. The molecule has 0 aromatic heterocycles. The molecule has 1 aromatic carbocycles. The number of rotatable bonds is 1. The lowest BCUT2D eigenvalue weighted by Crippen LogP contribution is -2.25. The molecule has 0 aliphatic heterocycles. The highest BCUT2D eigenvalue weighted by Crippen LogP contribution is 2.47. The highest BCUT2D eigenvalue weighted by molar-refractivity contribution is 6.02. The van der Waals surface area contributed by atoms with Gasteiger partial charge in [-0.05, 0) is 43.0 Å². The van der Waals surface area contributed by atoms with Crippen molar-refractivity contribution in [1.29, 1.82) is 0 Å². The monoisotopic (exact) mass is 212 g/mol. The van der Waals surface area contributed by atoms with Gasteiger partial charge >= 0.3 is 0 Å². The van der Waals surface area contributed by atoms with E-state index in [4.69, 9.17) is 4.74 Å². The van der Waals surface area contributed by atoms with Gasteiger partial charge in [0, 0.05) is 0 Å². The topological polar surface area (TPSA) is 9.23 Å². The Morgan fingerprint density at radius 1 is 0.938 bits per heavy atom. The molecule has 0 heterocycles. The molecular weight excluding hydrogens is 196 g/mol. The standard InChI is InChI=1S/C15H16O/c1-15(2,3)16-14-12-8-9-13(14)11-7-5-4-6-10(11)12/h4-9,14H,1-3H3. The van der Waals surface area contributed by atoms with Crippen molar-refractivity contribution in [2.24, 2.45) is 0 Å². The van der Waals surface area contributed by atoms with Gasteiger partial charge in [-0.2, -0.15) is 0 Å². The number of hydrogen-bond donors (Lipinski definition) is 0. The van der Waals surface area contributed by atoms with E-state index >= 15 is 0 Å². The summed E-state index contributed by atoms with van der Waals surface area (Å²) < 4.78 is 6.13. The molecule has 1 heteroatoms. The number of benzene rings is 1. The molecule has 0 saturated heterocycles. The van der Waals surface area contributed by atoms with E-state index < -0.39 is 0 Å². The van der Waals surface area contributed by atoms with Crippen LogP contribution >= 0.6 is 0 Å². The van der Waals surface area contributed by atoms with Crippen molar-refractivity contribution in [2.45, 2.75) is 32.5 Å². The molecule has 2 aliphatic carbocycles. The maximum Gasteiger partial charge on any atom is 0.109 e. The highest BCUT2D eigenvalue weighted by atomic mass is 16.5. The maximum atomic E-state index is 6.13. The van der Waals surface area contributed by atoms with Crippen LogP contribution in [0, 0.1) is 0 Å². The first-order chi connectivity index (χ1) is 7.56. The highest BCUT2D eigenvalue weighted by Gasteiger charge is 2.37. The van der Waals surface area contributed by atoms with Crippen molar-refractivity contribution in [3.05, 3.63) is 47.5 Å². The number of allylic oxidation sites excluding steroid dienone is 2. The van der Waals surface area contributed by atoms with E-state index in [1.807, 2.05) is 0 Å². The molecule has 2 bridgehead atoms. The second kappa shape index (κ2) is 3.08. The maximum absolute atomic E-state index is 6.13. The predicted molar refractivity (Wildman–Crippen MR) is 67.0 cm³/mol. The summed E-state index contributed by atoms with van der Waals surface area (Å²) in [5, 5.41) is 0. The van der Waals surface area contributed by atoms with Crippen molar-refractivity contribution >= 4 is 11.1 Å². The third-order valence-electron chi connectivity index (χ3n) is 3.03. The van der Waals surface area contributed by atoms with Gasteiger partial charge in [0.25, 0.3) is 0 Å². The fourth-order valence-corrected chi connectivity index (χ4v) is 2.45. The fourth-order valence-electron chi connectivity index (χ4n) is 2.45. The fraction of sp³-hybridized carbons (Fsp3) is 0.333. The minimum Gasteiger partial charge on any atom is -0.363 e. The number of hydrogen-bond acceptors (Lipinski definition) is 1. The van der Waals surface area contributed by atoms with Gasteiger partial charge in [0.05, 0.1) is 5.60 Å². The van der Waals surface area contributed by atoms with Crippen LogP contribution in [0.25, 0.3) is 11.1 Å². The van der Waals surface area contributed by atoms with Crippen LogP contribution < -0.4 is 0 Å². The molecule has 0 saturated carbocycles. The Labute approximate surface area is 96.4 Å². The smallest absolute Gasteiger partial charge is 0.109 e. The molecule has 16 heavy (non-hydrogen) atoms. The van der Waals surface area contributed by atoms with Gasteiger partial charge in [-0.25, -0.2) is 0 Å². The molecule has 0 amide bonds. The Kier molecular flexibility index (Phi) is 1.90. The van der Waals surface area contributed by atoms with Crippen molar-refractivity contribution < 1.29 is 4.74 Å². The van der Waals surface area contributed by atoms with Gasteiger partial charge in [-0.15, -0.1) is 0 Å². The Balaban J connectivity index is 2.01. The molecule has 1 aromatic rings. The van der Waals surface area contributed by atoms with E-state index in [-0.39, 0.29) is 11.7 Å². The summed E-state index contributed by atoms with van der Waals surface area (Å²) in [5.74, 6) is 0. The zero-order valence-electron chi connectivity index (χ0n) is 9.95. The minimum absolute atomic E-state index is 0.102. The first-order valence-corrected chi connectivity index (χ1v) is 5.76. The summed E-state index contributed by atoms with van der Waals surface area (Å²) in [6.07, 6.45) is 4.53. The van der Waals surface area contributed by atoms with E-state index in [2.05, 4.69) is 57.2 Å². The average molecular weight is 212 g/mol. The SMILES string of the molecule is CC(C)(C)OC1C2=CC=C1c1ccccc12. The summed E-state index contributed by atoms with van der Waals surface area (Å²) in [6.45, 7) is 6.32. The zero-order valence-corrected chi connectivity index (χ0v) is 9.95. The largest absolute Gasteiger partial charge is 0.363 e. The molecule has 0 N–H and O–H groups in total. The number of fused-ring (bicyclic) bond motifs is 5. The second-order valence-corrected chi connectivity index (χ2v) is 5.40. The average Bonchev–Trinajstić information content (AvgIpc) is 2.72. The van der Waals surface area contributed by atoms with Crippen molar-refractivity contribution in [3.8, 4) is 0 Å². The molecule has 0 unspecified atom stereocenters. The molecule has 0 radical (unpaired) electrons. The van der Waals surface area contributed by atoms with Gasteiger partial charge in [0.15, 0.2) is 0 Å². The molecule has 0 fully saturated rings. The predicted octanol–water partition coefficient (Wildman–Crippen LogP) is 3.66. The first kappa shape index (κ1) is 9.86. The van der Waals surface area contributed by atoms with Crippen LogP contribution in [0.15, 0.2) is 36.4 Å². The molecular formula is C15H16O. The van der Waals surface area contributed by atoms with Gasteiger partial charge in [-0.3, -0.25) is 0 Å². The first-order valence-electron chi connectivity index (χ1n) is 5.76. The van der Waals surface area contributed by atoms with E-state index in [1.54, 1.807) is 0 Å². The van der Waals surface area contributed by atoms with Crippen molar-refractivity contribution in [1.82, 2.24) is 0 Å². The summed E-state index contributed by atoms with van der Waals surface area (Å²) in [6, 6.07) is 8.55.